The van der Waals surface area contributed by atoms with Crippen LogP contribution >= 0.6 is 15.9 Å². The van der Waals surface area contributed by atoms with Gasteiger partial charge in [-0.3, -0.25) is 19.8 Å². The molecule has 24 heavy (non-hydrogen) atoms. The predicted molar refractivity (Wildman–Crippen MR) is 90.5 cm³/mol. The number of halogens is 1. The lowest BCUT2D eigenvalue weighted by molar-refractivity contribution is -0.154. The van der Waals surface area contributed by atoms with Crippen molar-refractivity contribution in [2.45, 2.75) is 32.6 Å². The molecule has 3 fully saturated rings. The zero-order valence-corrected chi connectivity index (χ0v) is 15.0. The Morgan fingerprint density at radius 3 is 2.62 bits per heavy atom. The van der Waals surface area contributed by atoms with Crippen LogP contribution in [0.25, 0.3) is 0 Å². The molecule has 3 amide bonds. The molecular weight excluding hydrogens is 372 g/mol. The van der Waals surface area contributed by atoms with Gasteiger partial charge in [0.25, 0.3) is 11.8 Å². The Kier molecular flexibility index (Phi) is 3.56. The zero-order valence-electron chi connectivity index (χ0n) is 13.4. The van der Waals surface area contributed by atoms with Crippen LogP contribution in [0.5, 0.6) is 0 Å². The van der Waals surface area contributed by atoms with Gasteiger partial charge in [-0.1, -0.05) is 22.9 Å². The van der Waals surface area contributed by atoms with Crippen molar-refractivity contribution in [2.75, 3.05) is 0 Å². The number of amides is 3. The summed E-state index contributed by atoms with van der Waals surface area (Å²) in [5.41, 5.74) is 3.19. The molecule has 4 unspecified atom stereocenters. The molecule has 1 aromatic rings. The third-order valence-electron chi connectivity index (χ3n) is 6.15. The van der Waals surface area contributed by atoms with Crippen LogP contribution in [0.4, 0.5) is 0 Å². The Hall–Kier alpha value is -1.69. The summed E-state index contributed by atoms with van der Waals surface area (Å²) in [5.74, 6) is -0.485. The molecule has 1 saturated heterocycles. The molecule has 6 heteroatoms. The fourth-order valence-electron chi connectivity index (χ4n) is 4.49. The fraction of sp³-hybridized carbons (Fsp3) is 0.500. The van der Waals surface area contributed by atoms with Crippen molar-refractivity contribution in [1.29, 1.82) is 0 Å². The second kappa shape index (κ2) is 5.41. The van der Waals surface area contributed by atoms with E-state index in [0.717, 1.165) is 28.7 Å². The van der Waals surface area contributed by atoms with E-state index in [1.807, 2.05) is 6.92 Å². The summed E-state index contributed by atoms with van der Waals surface area (Å²) in [4.78, 5) is 37.7. The van der Waals surface area contributed by atoms with Gasteiger partial charge >= 0.3 is 0 Å². The summed E-state index contributed by atoms with van der Waals surface area (Å²) in [7, 11) is 0. The second-order valence-corrected chi connectivity index (χ2v) is 8.20. The number of benzene rings is 1. The lowest BCUT2D eigenvalue weighted by atomic mass is 9.65. The van der Waals surface area contributed by atoms with E-state index in [-0.39, 0.29) is 23.1 Å². The van der Waals surface area contributed by atoms with Crippen molar-refractivity contribution >= 4 is 33.7 Å². The third-order valence-corrected chi connectivity index (χ3v) is 6.68. The summed E-state index contributed by atoms with van der Waals surface area (Å²) in [6, 6.07) is 6.81. The van der Waals surface area contributed by atoms with E-state index in [9.17, 15) is 14.4 Å². The van der Waals surface area contributed by atoms with Crippen molar-refractivity contribution in [3.05, 3.63) is 34.3 Å². The largest absolute Gasteiger partial charge is 0.273 e. The third kappa shape index (κ3) is 2.31. The molecule has 4 rings (SSSR count). The van der Waals surface area contributed by atoms with Gasteiger partial charge in [-0.2, -0.15) is 5.01 Å². The first-order valence-electron chi connectivity index (χ1n) is 8.36. The van der Waals surface area contributed by atoms with Crippen LogP contribution in [0.3, 0.4) is 0 Å². The van der Waals surface area contributed by atoms with Crippen molar-refractivity contribution < 1.29 is 14.4 Å². The van der Waals surface area contributed by atoms with Crippen molar-refractivity contribution in [3.63, 3.8) is 0 Å². The molecule has 1 N–H and O–H groups in total. The number of carbonyl (C=O) groups excluding carboxylic acids is 3. The van der Waals surface area contributed by atoms with Gasteiger partial charge in [0.1, 0.15) is 0 Å². The van der Waals surface area contributed by atoms with Gasteiger partial charge in [0.15, 0.2) is 0 Å². The van der Waals surface area contributed by atoms with Gasteiger partial charge in [-0.15, -0.1) is 0 Å². The molecular formula is C18H19BrN2O3. The van der Waals surface area contributed by atoms with Crippen LogP contribution in [0, 0.1) is 23.2 Å². The Morgan fingerprint density at radius 2 is 2.00 bits per heavy atom. The van der Waals surface area contributed by atoms with E-state index in [0.29, 0.717) is 23.8 Å². The Labute approximate surface area is 148 Å². The molecule has 1 spiro atoms. The molecule has 126 valence electrons. The standard InChI is InChI=1S/C18H19BrN2O3/c1-10-14-9-18(14)7-6-12(18)8-15(22)21(17(10)24)20-16(23)11-2-4-13(19)5-3-11/h2-5,10,12,14H,6-9H2,1H3,(H,20,23). The average Bonchev–Trinajstić information content (AvgIpc) is 3.33. The Bertz CT molecular complexity index is 732. The minimum Gasteiger partial charge on any atom is -0.273 e. The SMILES string of the molecule is CC1C(=O)N(NC(=O)c2ccc(Br)cc2)C(=O)CC2CCC23CC13. The smallest absolute Gasteiger partial charge is 0.270 e. The maximum absolute atomic E-state index is 12.7. The van der Waals surface area contributed by atoms with E-state index >= 15 is 0 Å². The summed E-state index contributed by atoms with van der Waals surface area (Å²) in [5, 5.41) is 0.968. The van der Waals surface area contributed by atoms with Crippen LogP contribution in [0.2, 0.25) is 0 Å². The number of imide groups is 1. The summed E-state index contributed by atoms with van der Waals surface area (Å²) in [6.07, 6.45) is 3.60. The highest BCUT2D eigenvalue weighted by Crippen LogP contribution is 2.72. The summed E-state index contributed by atoms with van der Waals surface area (Å²) in [6.45, 7) is 1.88. The normalized spacial score (nSPS) is 34.4. The first-order valence-corrected chi connectivity index (χ1v) is 9.15. The molecule has 2 saturated carbocycles. The number of rotatable bonds is 2. The highest BCUT2D eigenvalue weighted by molar-refractivity contribution is 9.10. The molecule has 1 aliphatic heterocycles. The first kappa shape index (κ1) is 15.8. The number of hydrogen-bond acceptors (Lipinski definition) is 3. The number of hydrazine groups is 1. The van der Waals surface area contributed by atoms with Crippen LogP contribution in [0.15, 0.2) is 28.7 Å². The molecule has 2 aliphatic carbocycles. The average molecular weight is 391 g/mol. The molecule has 0 radical (unpaired) electrons. The molecule has 1 heterocycles. The highest BCUT2D eigenvalue weighted by Gasteiger charge is 2.67. The molecule has 0 bridgehead atoms. The second-order valence-electron chi connectivity index (χ2n) is 7.29. The number of hydrogen-bond donors (Lipinski definition) is 1. The van der Waals surface area contributed by atoms with Crippen LogP contribution in [0.1, 0.15) is 43.0 Å². The van der Waals surface area contributed by atoms with E-state index < -0.39 is 5.91 Å². The highest BCUT2D eigenvalue weighted by atomic mass is 79.9. The van der Waals surface area contributed by atoms with Crippen LogP contribution < -0.4 is 5.43 Å². The molecule has 4 atom stereocenters. The minimum atomic E-state index is -0.437. The van der Waals surface area contributed by atoms with E-state index in [1.54, 1.807) is 24.3 Å². The van der Waals surface area contributed by atoms with E-state index in [2.05, 4.69) is 21.4 Å². The maximum Gasteiger partial charge on any atom is 0.270 e. The van der Waals surface area contributed by atoms with Crippen LogP contribution in [-0.2, 0) is 9.59 Å². The lowest BCUT2D eigenvalue weighted by Crippen LogP contribution is -2.54. The van der Waals surface area contributed by atoms with Crippen molar-refractivity contribution in [3.8, 4) is 0 Å². The molecule has 5 nitrogen and oxygen atoms in total. The number of nitrogens with zero attached hydrogens (tertiary/aromatic N) is 1. The Morgan fingerprint density at radius 1 is 1.29 bits per heavy atom. The minimum absolute atomic E-state index is 0.220. The summed E-state index contributed by atoms with van der Waals surface area (Å²) < 4.78 is 0.862. The Balaban J connectivity index is 1.54. The summed E-state index contributed by atoms with van der Waals surface area (Å²) >= 11 is 3.32. The van der Waals surface area contributed by atoms with Gasteiger partial charge in [0.2, 0.25) is 5.91 Å². The van der Waals surface area contributed by atoms with E-state index in [4.69, 9.17) is 0 Å². The monoisotopic (exact) mass is 390 g/mol. The topological polar surface area (TPSA) is 66.5 Å². The fourth-order valence-corrected chi connectivity index (χ4v) is 4.76. The van der Waals surface area contributed by atoms with Gasteiger partial charge in [-0.05, 0) is 60.8 Å². The quantitative estimate of drug-likeness (QED) is 0.789. The maximum atomic E-state index is 12.7. The molecule has 1 aromatic carbocycles. The lowest BCUT2D eigenvalue weighted by Gasteiger charge is -2.42. The number of nitrogens with one attached hydrogen (secondary N) is 1. The van der Waals surface area contributed by atoms with Gasteiger partial charge in [0, 0.05) is 22.4 Å². The molecule has 3 aliphatic rings. The van der Waals surface area contributed by atoms with Gasteiger partial charge < -0.3 is 0 Å². The van der Waals surface area contributed by atoms with Crippen molar-refractivity contribution in [1.82, 2.24) is 10.4 Å². The van der Waals surface area contributed by atoms with E-state index in [1.165, 1.54) is 0 Å². The number of carbonyl (C=O) groups is 3. The predicted octanol–water partition coefficient (Wildman–Crippen LogP) is 2.91. The first-order chi connectivity index (χ1) is 11.4. The molecule has 0 aromatic heterocycles. The van der Waals surface area contributed by atoms with Crippen molar-refractivity contribution in [2.24, 2.45) is 23.2 Å². The zero-order chi connectivity index (χ0) is 17.1. The van der Waals surface area contributed by atoms with Gasteiger partial charge in [-0.25, -0.2) is 0 Å². The van der Waals surface area contributed by atoms with Crippen LogP contribution in [-0.4, -0.2) is 22.7 Å². The van der Waals surface area contributed by atoms with Gasteiger partial charge in [0.05, 0.1) is 0 Å².